The maximum Gasteiger partial charge on any atom is 0.321 e. The molecule has 0 bridgehead atoms. The van der Waals surface area contributed by atoms with Crippen LogP contribution in [-0.2, 0) is 6.54 Å². The van der Waals surface area contributed by atoms with Crippen molar-refractivity contribution in [3.63, 3.8) is 0 Å². The van der Waals surface area contributed by atoms with E-state index in [2.05, 4.69) is 19.2 Å². The number of hydrogen-bond acceptors (Lipinski definition) is 2. The molecule has 3 N–H and O–H groups in total. The Kier molecular flexibility index (Phi) is 6.22. The summed E-state index contributed by atoms with van der Waals surface area (Å²) in [6.07, 6.45) is 1.94. The van der Waals surface area contributed by atoms with Crippen molar-refractivity contribution in [3.05, 3.63) is 29.8 Å². The molecule has 1 aromatic carbocycles. The lowest BCUT2D eigenvalue weighted by molar-refractivity contribution is 0.211. The second-order valence-electron chi connectivity index (χ2n) is 4.32. The van der Waals surface area contributed by atoms with E-state index in [-0.39, 0.29) is 6.03 Å². The third-order valence-corrected chi connectivity index (χ3v) is 2.69. The fraction of sp³-hybridized carbons (Fsp3) is 0.500. The first-order valence-electron chi connectivity index (χ1n) is 6.56. The van der Waals surface area contributed by atoms with Crippen LogP contribution in [0, 0.1) is 0 Å². The maximum absolute atomic E-state index is 12.1. The van der Waals surface area contributed by atoms with E-state index in [4.69, 9.17) is 5.73 Å². The fourth-order valence-electron chi connectivity index (χ4n) is 1.83. The Balaban J connectivity index is 2.66. The molecule has 4 nitrogen and oxygen atoms in total. The van der Waals surface area contributed by atoms with Gasteiger partial charge in [0.2, 0.25) is 0 Å². The Morgan fingerprint density at radius 3 is 2.50 bits per heavy atom. The van der Waals surface area contributed by atoms with Crippen LogP contribution in [-0.4, -0.2) is 24.0 Å². The number of urea groups is 1. The van der Waals surface area contributed by atoms with E-state index in [0.29, 0.717) is 6.54 Å². The second kappa shape index (κ2) is 7.71. The predicted octanol–water partition coefficient (Wildman–Crippen LogP) is 2.80. The quantitative estimate of drug-likeness (QED) is 0.814. The van der Waals surface area contributed by atoms with Crippen molar-refractivity contribution in [2.45, 2.75) is 33.2 Å². The van der Waals surface area contributed by atoms with Gasteiger partial charge in [-0.15, -0.1) is 0 Å². The molecule has 100 valence electrons. The summed E-state index contributed by atoms with van der Waals surface area (Å²) < 4.78 is 0. The minimum Gasteiger partial charge on any atom is -0.326 e. The Morgan fingerprint density at radius 2 is 1.94 bits per heavy atom. The number of hydrogen-bond donors (Lipinski definition) is 2. The standard InChI is InChI=1S/C14H23N3O/c1-3-8-17(9-4-2)14(18)16-13-7-5-6-12(10-13)11-15/h5-7,10H,3-4,8-9,11,15H2,1-2H3,(H,16,18). The molecule has 0 aromatic heterocycles. The van der Waals surface area contributed by atoms with E-state index in [1.165, 1.54) is 0 Å². The lowest BCUT2D eigenvalue weighted by Gasteiger charge is -2.22. The number of nitrogens with zero attached hydrogens (tertiary/aromatic N) is 1. The summed E-state index contributed by atoms with van der Waals surface area (Å²) in [6.45, 7) is 6.21. The molecule has 0 unspecified atom stereocenters. The zero-order chi connectivity index (χ0) is 13.4. The van der Waals surface area contributed by atoms with E-state index in [1.807, 2.05) is 29.2 Å². The number of amides is 2. The lowest BCUT2D eigenvalue weighted by atomic mass is 10.2. The molecule has 0 radical (unpaired) electrons. The highest BCUT2D eigenvalue weighted by Gasteiger charge is 2.11. The van der Waals surface area contributed by atoms with Crippen LogP contribution in [0.2, 0.25) is 0 Å². The molecule has 0 fully saturated rings. The number of benzene rings is 1. The molecule has 0 spiro atoms. The van der Waals surface area contributed by atoms with Crippen molar-refractivity contribution in [2.75, 3.05) is 18.4 Å². The third kappa shape index (κ3) is 4.37. The maximum atomic E-state index is 12.1. The van der Waals surface area contributed by atoms with Crippen LogP contribution >= 0.6 is 0 Å². The predicted molar refractivity (Wildman–Crippen MR) is 75.5 cm³/mol. The van der Waals surface area contributed by atoms with Gasteiger partial charge in [-0.25, -0.2) is 4.79 Å². The van der Waals surface area contributed by atoms with E-state index >= 15 is 0 Å². The first-order chi connectivity index (χ1) is 8.71. The van der Waals surface area contributed by atoms with Crippen molar-refractivity contribution in [1.29, 1.82) is 0 Å². The molecule has 0 saturated carbocycles. The van der Waals surface area contributed by atoms with Gasteiger partial charge in [0.25, 0.3) is 0 Å². The average molecular weight is 249 g/mol. The van der Waals surface area contributed by atoms with Crippen molar-refractivity contribution in [1.82, 2.24) is 4.90 Å². The molecule has 0 aliphatic heterocycles. The smallest absolute Gasteiger partial charge is 0.321 e. The summed E-state index contributed by atoms with van der Waals surface area (Å²) in [5.74, 6) is 0. The van der Waals surface area contributed by atoms with E-state index < -0.39 is 0 Å². The summed E-state index contributed by atoms with van der Waals surface area (Å²) in [6, 6.07) is 7.61. The zero-order valence-corrected chi connectivity index (χ0v) is 11.3. The van der Waals surface area contributed by atoms with Gasteiger partial charge in [-0.1, -0.05) is 26.0 Å². The number of carbonyl (C=O) groups excluding carboxylic acids is 1. The number of nitrogens with two attached hydrogens (primary N) is 1. The minimum atomic E-state index is -0.0344. The van der Waals surface area contributed by atoms with Gasteiger partial charge in [-0.2, -0.15) is 0 Å². The Morgan fingerprint density at radius 1 is 1.28 bits per heavy atom. The van der Waals surface area contributed by atoms with Gasteiger partial charge in [-0.3, -0.25) is 0 Å². The van der Waals surface area contributed by atoms with E-state index in [1.54, 1.807) is 0 Å². The summed E-state index contributed by atoms with van der Waals surface area (Å²) in [5, 5.41) is 2.92. The fourth-order valence-corrected chi connectivity index (χ4v) is 1.83. The largest absolute Gasteiger partial charge is 0.326 e. The molecule has 1 aromatic rings. The number of nitrogens with one attached hydrogen (secondary N) is 1. The molecule has 0 heterocycles. The molecule has 0 aliphatic carbocycles. The highest BCUT2D eigenvalue weighted by atomic mass is 16.2. The number of carbonyl (C=O) groups is 1. The Labute approximate surface area is 109 Å². The molecule has 0 atom stereocenters. The van der Waals surface area contributed by atoms with Gasteiger partial charge >= 0.3 is 6.03 Å². The molecular weight excluding hydrogens is 226 g/mol. The SMILES string of the molecule is CCCN(CCC)C(=O)Nc1cccc(CN)c1. The molecule has 1 rings (SSSR count). The monoisotopic (exact) mass is 249 g/mol. The van der Waals surface area contributed by atoms with Gasteiger partial charge < -0.3 is 16.0 Å². The van der Waals surface area contributed by atoms with E-state index in [0.717, 1.165) is 37.2 Å². The third-order valence-electron chi connectivity index (χ3n) is 2.69. The second-order valence-corrected chi connectivity index (χ2v) is 4.32. The highest BCUT2D eigenvalue weighted by Crippen LogP contribution is 2.11. The molecule has 2 amide bonds. The topological polar surface area (TPSA) is 58.4 Å². The summed E-state index contributed by atoms with van der Waals surface area (Å²) in [5.41, 5.74) is 7.41. The van der Waals surface area contributed by atoms with Gasteiger partial charge in [0, 0.05) is 25.3 Å². The van der Waals surface area contributed by atoms with Crippen LogP contribution in [0.5, 0.6) is 0 Å². The molecule has 0 aliphatic rings. The van der Waals surface area contributed by atoms with Crippen LogP contribution in [0.15, 0.2) is 24.3 Å². The highest BCUT2D eigenvalue weighted by molar-refractivity contribution is 5.89. The number of rotatable bonds is 6. The average Bonchev–Trinajstić information content (AvgIpc) is 2.38. The zero-order valence-electron chi connectivity index (χ0n) is 11.3. The minimum absolute atomic E-state index is 0.0344. The Hall–Kier alpha value is -1.55. The van der Waals surface area contributed by atoms with Gasteiger partial charge in [-0.05, 0) is 30.5 Å². The van der Waals surface area contributed by atoms with Crippen LogP contribution in [0.4, 0.5) is 10.5 Å². The van der Waals surface area contributed by atoms with E-state index in [9.17, 15) is 4.79 Å². The summed E-state index contributed by atoms with van der Waals surface area (Å²) in [7, 11) is 0. The van der Waals surface area contributed by atoms with Gasteiger partial charge in [0.1, 0.15) is 0 Å². The van der Waals surface area contributed by atoms with Crippen molar-refractivity contribution in [3.8, 4) is 0 Å². The first-order valence-corrected chi connectivity index (χ1v) is 6.56. The van der Waals surface area contributed by atoms with Crippen LogP contribution < -0.4 is 11.1 Å². The molecule has 18 heavy (non-hydrogen) atoms. The first kappa shape index (κ1) is 14.5. The van der Waals surface area contributed by atoms with Crippen molar-refractivity contribution in [2.24, 2.45) is 5.73 Å². The Bertz CT molecular complexity index is 373. The van der Waals surface area contributed by atoms with Crippen molar-refractivity contribution < 1.29 is 4.79 Å². The molecule has 4 heteroatoms. The van der Waals surface area contributed by atoms with Gasteiger partial charge in [0.05, 0.1) is 0 Å². The van der Waals surface area contributed by atoms with Crippen molar-refractivity contribution >= 4 is 11.7 Å². The summed E-state index contributed by atoms with van der Waals surface area (Å²) >= 11 is 0. The van der Waals surface area contributed by atoms with Crippen LogP contribution in [0.3, 0.4) is 0 Å². The van der Waals surface area contributed by atoms with Crippen LogP contribution in [0.1, 0.15) is 32.3 Å². The summed E-state index contributed by atoms with van der Waals surface area (Å²) in [4.78, 5) is 13.9. The molecule has 0 saturated heterocycles. The normalized spacial score (nSPS) is 10.2. The lowest BCUT2D eigenvalue weighted by Crippen LogP contribution is -2.36. The van der Waals surface area contributed by atoms with Crippen LogP contribution in [0.25, 0.3) is 0 Å². The molecular formula is C14H23N3O. The van der Waals surface area contributed by atoms with Gasteiger partial charge in [0.15, 0.2) is 0 Å². The number of anilines is 1.